The van der Waals surface area contributed by atoms with Crippen LogP contribution in [0.25, 0.3) is 0 Å². The Kier molecular flexibility index (Phi) is 5.81. The molecule has 0 aromatic heterocycles. The molecular weight excluding hydrogens is 374 g/mol. The molecule has 1 rings (SSSR count). The zero-order chi connectivity index (χ0) is 15.5. The van der Waals surface area contributed by atoms with Crippen molar-refractivity contribution in [3.63, 3.8) is 0 Å². The van der Waals surface area contributed by atoms with Crippen LogP contribution in [0.2, 0.25) is 5.02 Å². The Bertz CT molecular complexity index is 619. The molecule has 6 nitrogen and oxygen atoms in total. The van der Waals surface area contributed by atoms with E-state index in [0.29, 0.717) is 10.2 Å². The lowest BCUT2D eigenvalue weighted by atomic mass is 10.3. The van der Waals surface area contributed by atoms with E-state index in [2.05, 4.69) is 15.9 Å². The van der Waals surface area contributed by atoms with E-state index in [1.165, 1.54) is 26.3 Å². The van der Waals surface area contributed by atoms with E-state index in [0.717, 1.165) is 4.31 Å². The lowest BCUT2D eigenvalue weighted by Gasteiger charge is -2.18. The highest BCUT2D eigenvalue weighted by Gasteiger charge is 2.25. The SMILES string of the molecule is COc1cc(Br)c(S(=O)(=O)N(C)CCC(=O)O)cc1Cl. The summed E-state index contributed by atoms with van der Waals surface area (Å²) in [6, 6.07) is 2.71. The van der Waals surface area contributed by atoms with Crippen molar-refractivity contribution in [2.24, 2.45) is 0 Å². The van der Waals surface area contributed by atoms with Gasteiger partial charge in [0, 0.05) is 18.1 Å². The van der Waals surface area contributed by atoms with Gasteiger partial charge >= 0.3 is 5.97 Å². The predicted molar refractivity (Wildman–Crippen MR) is 77.8 cm³/mol. The number of carbonyl (C=O) groups is 1. The molecule has 1 aromatic rings. The molecule has 0 spiro atoms. The third kappa shape index (κ3) is 3.85. The van der Waals surface area contributed by atoms with Gasteiger partial charge in [-0.1, -0.05) is 11.6 Å². The van der Waals surface area contributed by atoms with Crippen LogP contribution in [-0.4, -0.2) is 44.5 Å². The van der Waals surface area contributed by atoms with Crippen LogP contribution in [0.1, 0.15) is 6.42 Å². The third-order valence-electron chi connectivity index (χ3n) is 2.54. The van der Waals surface area contributed by atoms with Gasteiger partial charge in [-0.2, -0.15) is 0 Å². The van der Waals surface area contributed by atoms with Gasteiger partial charge in [0.15, 0.2) is 0 Å². The van der Waals surface area contributed by atoms with Crippen LogP contribution < -0.4 is 4.74 Å². The molecule has 0 atom stereocenters. The molecule has 0 bridgehead atoms. The van der Waals surface area contributed by atoms with E-state index in [1.807, 2.05) is 0 Å². The van der Waals surface area contributed by atoms with E-state index in [1.54, 1.807) is 0 Å². The Labute approximate surface area is 130 Å². The first kappa shape index (κ1) is 17.2. The van der Waals surface area contributed by atoms with Crippen LogP contribution in [-0.2, 0) is 14.8 Å². The van der Waals surface area contributed by atoms with Crippen molar-refractivity contribution in [2.45, 2.75) is 11.3 Å². The van der Waals surface area contributed by atoms with Gasteiger partial charge in [-0.05, 0) is 28.1 Å². The summed E-state index contributed by atoms with van der Waals surface area (Å²) >= 11 is 9.06. The Balaban J connectivity index is 3.15. The number of carboxylic acid groups (broad SMARTS) is 1. The number of sulfonamides is 1. The predicted octanol–water partition coefficient (Wildman–Crippen LogP) is 2.21. The van der Waals surface area contributed by atoms with Gasteiger partial charge in [0.1, 0.15) is 5.75 Å². The quantitative estimate of drug-likeness (QED) is 0.810. The highest BCUT2D eigenvalue weighted by atomic mass is 79.9. The third-order valence-corrected chi connectivity index (χ3v) is 5.65. The molecule has 9 heteroatoms. The van der Waals surface area contributed by atoms with Gasteiger partial charge in [-0.25, -0.2) is 12.7 Å². The van der Waals surface area contributed by atoms with Crippen molar-refractivity contribution in [1.29, 1.82) is 0 Å². The first-order valence-corrected chi connectivity index (χ1v) is 8.02. The number of hydrogen-bond donors (Lipinski definition) is 1. The van der Waals surface area contributed by atoms with E-state index >= 15 is 0 Å². The second-order valence-electron chi connectivity index (χ2n) is 3.89. The van der Waals surface area contributed by atoms with Crippen LogP contribution in [0.5, 0.6) is 5.75 Å². The molecule has 0 saturated heterocycles. The molecule has 112 valence electrons. The van der Waals surface area contributed by atoms with Gasteiger partial charge in [0.2, 0.25) is 10.0 Å². The Morgan fingerprint density at radius 3 is 2.60 bits per heavy atom. The summed E-state index contributed by atoms with van der Waals surface area (Å²) in [5.41, 5.74) is 0. The fraction of sp³-hybridized carbons (Fsp3) is 0.364. The van der Waals surface area contributed by atoms with Crippen molar-refractivity contribution >= 4 is 43.5 Å². The summed E-state index contributed by atoms with van der Waals surface area (Å²) in [5.74, 6) is -0.732. The van der Waals surface area contributed by atoms with Crippen molar-refractivity contribution in [3.05, 3.63) is 21.6 Å². The highest BCUT2D eigenvalue weighted by molar-refractivity contribution is 9.10. The summed E-state index contributed by atoms with van der Waals surface area (Å²) in [6.45, 7) is -0.131. The Hall–Kier alpha value is -0.830. The number of halogens is 2. The number of hydrogen-bond acceptors (Lipinski definition) is 4. The number of aliphatic carboxylic acids is 1. The molecule has 0 aliphatic rings. The van der Waals surface area contributed by atoms with Crippen molar-refractivity contribution in [3.8, 4) is 5.75 Å². The fourth-order valence-electron chi connectivity index (χ4n) is 1.41. The van der Waals surface area contributed by atoms with E-state index < -0.39 is 16.0 Å². The van der Waals surface area contributed by atoms with Crippen LogP contribution in [0, 0.1) is 0 Å². The number of nitrogens with zero attached hydrogens (tertiary/aromatic N) is 1. The summed E-state index contributed by atoms with van der Waals surface area (Å²) in [4.78, 5) is 10.5. The van der Waals surface area contributed by atoms with Crippen molar-refractivity contribution in [1.82, 2.24) is 4.31 Å². The number of methoxy groups -OCH3 is 1. The van der Waals surface area contributed by atoms with Crippen LogP contribution in [0.4, 0.5) is 0 Å². The second-order valence-corrected chi connectivity index (χ2v) is 7.16. The minimum absolute atomic E-state index is 0.0452. The maximum Gasteiger partial charge on any atom is 0.304 e. The average molecular weight is 387 g/mol. The van der Waals surface area contributed by atoms with Crippen molar-refractivity contribution in [2.75, 3.05) is 20.7 Å². The molecule has 0 amide bonds. The van der Waals surface area contributed by atoms with Crippen LogP contribution in [0.15, 0.2) is 21.5 Å². The average Bonchev–Trinajstić information content (AvgIpc) is 2.37. The monoisotopic (exact) mass is 385 g/mol. The summed E-state index contributed by atoms with van der Waals surface area (Å²) < 4.78 is 30.9. The summed E-state index contributed by atoms with van der Waals surface area (Å²) in [5, 5.41) is 8.75. The molecule has 0 radical (unpaired) electrons. The van der Waals surface area contributed by atoms with Gasteiger partial charge in [0.05, 0.1) is 23.4 Å². The molecule has 0 heterocycles. The van der Waals surface area contributed by atoms with Crippen molar-refractivity contribution < 1.29 is 23.1 Å². The Morgan fingerprint density at radius 1 is 1.50 bits per heavy atom. The second kappa shape index (κ2) is 6.75. The first-order chi connectivity index (χ1) is 9.20. The maximum atomic E-state index is 12.3. The number of ether oxygens (including phenoxy) is 1. The standard InChI is InChI=1S/C11H13BrClNO5S/c1-14(4-3-11(15)16)20(17,18)10-6-8(13)9(19-2)5-7(10)12/h5-6H,3-4H2,1-2H3,(H,15,16). The molecule has 0 saturated carbocycles. The largest absolute Gasteiger partial charge is 0.495 e. The molecule has 0 unspecified atom stereocenters. The number of carboxylic acids is 1. The van der Waals surface area contributed by atoms with Gasteiger partial charge in [0.25, 0.3) is 0 Å². The summed E-state index contributed by atoms with van der Waals surface area (Å²) in [6.07, 6.45) is -0.281. The minimum atomic E-state index is -3.83. The molecular formula is C11H13BrClNO5S. The Morgan fingerprint density at radius 2 is 2.10 bits per heavy atom. The van der Waals surface area contributed by atoms with Gasteiger partial charge in [-0.15, -0.1) is 0 Å². The normalized spacial score (nSPS) is 11.7. The van der Waals surface area contributed by atoms with Gasteiger partial charge < -0.3 is 9.84 Å². The maximum absolute atomic E-state index is 12.3. The molecule has 20 heavy (non-hydrogen) atoms. The lowest BCUT2D eigenvalue weighted by molar-refractivity contribution is -0.137. The zero-order valence-corrected chi connectivity index (χ0v) is 13.9. The highest BCUT2D eigenvalue weighted by Crippen LogP contribution is 2.34. The minimum Gasteiger partial charge on any atom is -0.495 e. The molecule has 0 fully saturated rings. The fourth-order valence-corrected chi connectivity index (χ4v) is 3.89. The van der Waals surface area contributed by atoms with E-state index in [4.69, 9.17) is 21.4 Å². The molecule has 1 aromatic carbocycles. The topological polar surface area (TPSA) is 83.9 Å². The number of rotatable bonds is 6. The summed E-state index contributed by atoms with van der Waals surface area (Å²) in [7, 11) is -1.10. The smallest absolute Gasteiger partial charge is 0.304 e. The first-order valence-electron chi connectivity index (χ1n) is 5.41. The van der Waals surface area contributed by atoms with Gasteiger partial charge in [-0.3, -0.25) is 4.79 Å². The van der Waals surface area contributed by atoms with Crippen LogP contribution >= 0.6 is 27.5 Å². The zero-order valence-electron chi connectivity index (χ0n) is 10.8. The van der Waals surface area contributed by atoms with E-state index in [9.17, 15) is 13.2 Å². The molecule has 1 N–H and O–H groups in total. The lowest BCUT2D eigenvalue weighted by Crippen LogP contribution is -2.29. The molecule has 0 aliphatic heterocycles. The molecule has 0 aliphatic carbocycles. The van der Waals surface area contributed by atoms with E-state index in [-0.39, 0.29) is 22.9 Å². The number of benzene rings is 1. The van der Waals surface area contributed by atoms with Crippen LogP contribution in [0.3, 0.4) is 0 Å².